The molecular formula is C11H13BrClNO5S. The number of nitro benzene ring substituents is 1. The van der Waals surface area contributed by atoms with Gasteiger partial charge in [-0.2, -0.15) is 0 Å². The predicted molar refractivity (Wildman–Crippen MR) is 79.9 cm³/mol. The van der Waals surface area contributed by atoms with Gasteiger partial charge in [-0.3, -0.25) is 10.1 Å². The number of nitrogens with zero attached hydrogens (tertiary/aromatic N) is 1. The van der Waals surface area contributed by atoms with Gasteiger partial charge < -0.3 is 4.74 Å². The summed E-state index contributed by atoms with van der Waals surface area (Å²) in [5, 5.41) is 11.0. The second kappa shape index (κ2) is 7.24. The van der Waals surface area contributed by atoms with E-state index in [0.29, 0.717) is 22.9 Å². The molecule has 1 aromatic rings. The predicted octanol–water partition coefficient (Wildman–Crippen LogP) is 3.39. The second-order valence-electron chi connectivity index (χ2n) is 4.13. The highest BCUT2D eigenvalue weighted by atomic mass is 79.9. The molecule has 0 saturated carbocycles. The van der Waals surface area contributed by atoms with Crippen LogP contribution in [0.25, 0.3) is 0 Å². The molecule has 0 atom stereocenters. The monoisotopic (exact) mass is 385 g/mol. The quantitative estimate of drug-likeness (QED) is 0.310. The molecule has 20 heavy (non-hydrogen) atoms. The molecule has 112 valence electrons. The molecule has 0 aliphatic rings. The van der Waals surface area contributed by atoms with Crippen molar-refractivity contribution in [2.45, 2.75) is 19.8 Å². The summed E-state index contributed by atoms with van der Waals surface area (Å²) in [6.45, 7) is 1.89. The molecule has 0 spiro atoms. The van der Waals surface area contributed by atoms with E-state index in [0.717, 1.165) is 0 Å². The molecule has 0 N–H and O–H groups in total. The maximum atomic E-state index is 11.0. The standard InChI is InChI=1S/C11H13BrClNO5S/c1-8-6-9(12)7-10(14(15)16)11(8)19-4-2-3-5-20(13,17)18/h6-7H,2-5H2,1H3. The fourth-order valence-electron chi connectivity index (χ4n) is 1.59. The summed E-state index contributed by atoms with van der Waals surface area (Å²) in [5.74, 6) is 0.0613. The van der Waals surface area contributed by atoms with E-state index >= 15 is 0 Å². The molecule has 0 amide bonds. The Morgan fingerprint density at radius 1 is 1.40 bits per heavy atom. The molecule has 6 nitrogen and oxygen atoms in total. The number of unbranched alkanes of at least 4 members (excludes halogenated alkanes) is 1. The topological polar surface area (TPSA) is 86.5 Å². The maximum Gasteiger partial charge on any atom is 0.312 e. The first-order valence-electron chi connectivity index (χ1n) is 5.70. The summed E-state index contributed by atoms with van der Waals surface area (Å²) in [6, 6.07) is 3.08. The maximum absolute atomic E-state index is 11.0. The fourth-order valence-corrected chi connectivity index (χ4v) is 3.02. The number of ether oxygens (including phenoxy) is 1. The molecule has 0 bridgehead atoms. The van der Waals surface area contributed by atoms with E-state index in [1.54, 1.807) is 13.0 Å². The zero-order valence-corrected chi connectivity index (χ0v) is 13.8. The highest BCUT2D eigenvalue weighted by Crippen LogP contribution is 2.34. The van der Waals surface area contributed by atoms with Crippen molar-refractivity contribution in [2.24, 2.45) is 0 Å². The highest BCUT2D eigenvalue weighted by Gasteiger charge is 2.18. The van der Waals surface area contributed by atoms with E-state index in [9.17, 15) is 18.5 Å². The van der Waals surface area contributed by atoms with Crippen molar-refractivity contribution >= 4 is 41.4 Å². The summed E-state index contributed by atoms with van der Waals surface area (Å²) < 4.78 is 27.5. The normalized spacial score (nSPS) is 11.3. The lowest BCUT2D eigenvalue weighted by molar-refractivity contribution is -0.386. The van der Waals surface area contributed by atoms with Crippen LogP contribution in [0.2, 0.25) is 0 Å². The SMILES string of the molecule is Cc1cc(Br)cc([N+](=O)[O-])c1OCCCCS(=O)(=O)Cl. The minimum absolute atomic E-state index is 0.123. The Morgan fingerprint density at radius 2 is 2.05 bits per heavy atom. The summed E-state index contributed by atoms with van der Waals surface area (Å²) in [6.07, 6.45) is 0.786. The molecule has 0 radical (unpaired) electrons. The number of hydrogen-bond acceptors (Lipinski definition) is 5. The largest absolute Gasteiger partial charge is 0.487 e. The number of aryl methyl sites for hydroxylation is 1. The third-order valence-corrected chi connectivity index (χ3v) is 4.14. The molecule has 1 rings (SSSR count). The molecule has 0 aromatic heterocycles. The van der Waals surface area contributed by atoms with Crippen LogP contribution in [-0.2, 0) is 9.05 Å². The smallest absolute Gasteiger partial charge is 0.312 e. The first-order chi connectivity index (χ1) is 9.20. The third kappa shape index (κ3) is 5.64. The van der Waals surface area contributed by atoms with Gasteiger partial charge in [-0.15, -0.1) is 0 Å². The molecule has 9 heteroatoms. The zero-order valence-electron chi connectivity index (χ0n) is 10.6. The molecular weight excluding hydrogens is 374 g/mol. The number of hydrogen-bond donors (Lipinski definition) is 0. The third-order valence-electron chi connectivity index (χ3n) is 2.45. The first-order valence-corrected chi connectivity index (χ1v) is 8.97. The van der Waals surface area contributed by atoms with E-state index < -0.39 is 14.0 Å². The molecule has 0 unspecified atom stereocenters. The van der Waals surface area contributed by atoms with E-state index in [1.165, 1.54) is 6.07 Å². The zero-order chi connectivity index (χ0) is 15.3. The minimum atomic E-state index is -3.50. The lowest BCUT2D eigenvalue weighted by Crippen LogP contribution is -2.05. The number of nitro groups is 1. The summed E-state index contributed by atoms with van der Waals surface area (Å²) in [5.41, 5.74) is 0.512. The number of rotatable bonds is 7. The Balaban J connectivity index is 2.66. The summed E-state index contributed by atoms with van der Waals surface area (Å²) in [4.78, 5) is 10.4. The van der Waals surface area contributed by atoms with Gasteiger partial charge in [0.1, 0.15) is 0 Å². The van der Waals surface area contributed by atoms with Crippen molar-refractivity contribution in [1.29, 1.82) is 0 Å². The van der Waals surface area contributed by atoms with Crippen molar-refractivity contribution in [3.05, 3.63) is 32.3 Å². The van der Waals surface area contributed by atoms with Gasteiger partial charge in [-0.25, -0.2) is 8.42 Å². The van der Waals surface area contributed by atoms with Crippen LogP contribution >= 0.6 is 26.6 Å². The van der Waals surface area contributed by atoms with Gasteiger partial charge >= 0.3 is 5.69 Å². The lowest BCUT2D eigenvalue weighted by Gasteiger charge is -2.09. The molecule has 1 aromatic carbocycles. The highest BCUT2D eigenvalue weighted by molar-refractivity contribution is 9.10. The molecule has 0 aliphatic heterocycles. The van der Waals surface area contributed by atoms with E-state index in [2.05, 4.69) is 15.9 Å². The van der Waals surface area contributed by atoms with Crippen LogP contribution in [0.3, 0.4) is 0 Å². The van der Waals surface area contributed by atoms with Crippen LogP contribution in [0, 0.1) is 17.0 Å². The Morgan fingerprint density at radius 3 is 2.60 bits per heavy atom. The van der Waals surface area contributed by atoms with Gasteiger partial charge in [0.25, 0.3) is 0 Å². The van der Waals surface area contributed by atoms with Crippen LogP contribution < -0.4 is 4.74 Å². The van der Waals surface area contributed by atoms with Crippen molar-refractivity contribution in [3.63, 3.8) is 0 Å². The molecule has 0 fully saturated rings. The van der Waals surface area contributed by atoms with Gasteiger partial charge in [0.2, 0.25) is 9.05 Å². The van der Waals surface area contributed by atoms with Gasteiger partial charge in [-0.05, 0) is 31.4 Å². The second-order valence-corrected chi connectivity index (χ2v) is 7.94. The van der Waals surface area contributed by atoms with Crippen molar-refractivity contribution in [2.75, 3.05) is 12.4 Å². The van der Waals surface area contributed by atoms with Gasteiger partial charge in [0.15, 0.2) is 5.75 Å². The van der Waals surface area contributed by atoms with Crippen LogP contribution in [0.5, 0.6) is 5.75 Å². The molecule has 0 saturated heterocycles. The average Bonchev–Trinajstić information content (AvgIpc) is 2.28. The van der Waals surface area contributed by atoms with Crippen LogP contribution in [0.15, 0.2) is 16.6 Å². The Bertz CT molecular complexity index is 605. The van der Waals surface area contributed by atoms with Gasteiger partial charge in [0, 0.05) is 21.2 Å². The van der Waals surface area contributed by atoms with Gasteiger partial charge in [-0.1, -0.05) is 15.9 Å². The lowest BCUT2D eigenvalue weighted by atomic mass is 10.2. The van der Waals surface area contributed by atoms with Crippen LogP contribution in [0.1, 0.15) is 18.4 Å². The molecule has 0 heterocycles. The number of benzene rings is 1. The van der Waals surface area contributed by atoms with Crippen LogP contribution in [0.4, 0.5) is 5.69 Å². The van der Waals surface area contributed by atoms with E-state index in [-0.39, 0.29) is 23.8 Å². The summed E-state index contributed by atoms with van der Waals surface area (Å²) >= 11 is 3.19. The van der Waals surface area contributed by atoms with E-state index in [1.807, 2.05) is 0 Å². The van der Waals surface area contributed by atoms with Crippen LogP contribution in [-0.4, -0.2) is 25.7 Å². The minimum Gasteiger partial charge on any atom is -0.487 e. The Kier molecular flexibility index (Phi) is 6.22. The van der Waals surface area contributed by atoms with Crippen molar-refractivity contribution < 1.29 is 18.1 Å². The Labute approximate surface area is 129 Å². The van der Waals surface area contributed by atoms with E-state index in [4.69, 9.17) is 15.4 Å². The van der Waals surface area contributed by atoms with Gasteiger partial charge in [0.05, 0.1) is 17.3 Å². The van der Waals surface area contributed by atoms with Crippen molar-refractivity contribution in [1.82, 2.24) is 0 Å². The summed E-state index contributed by atoms with van der Waals surface area (Å²) in [7, 11) is 1.57. The Hall–Kier alpha value is -0.860. The molecule has 0 aliphatic carbocycles. The fraction of sp³-hybridized carbons (Fsp3) is 0.455. The average molecular weight is 387 g/mol. The van der Waals surface area contributed by atoms with Crippen molar-refractivity contribution in [3.8, 4) is 5.75 Å². The first kappa shape index (κ1) is 17.2. The number of halogens is 2.